The van der Waals surface area contributed by atoms with E-state index in [1.165, 1.54) is 0 Å². The molecule has 0 heterocycles. The number of aliphatic carboxylic acids is 1. The number of benzene rings is 1. The zero-order valence-corrected chi connectivity index (χ0v) is 14.0. The lowest BCUT2D eigenvalue weighted by Crippen LogP contribution is -2.41. The summed E-state index contributed by atoms with van der Waals surface area (Å²) in [4.78, 5) is 10.4. The Morgan fingerprint density at radius 2 is 2.18 bits per heavy atom. The van der Waals surface area contributed by atoms with Crippen molar-refractivity contribution in [3.05, 3.63) is 28.0 Å². The molecule has 6 nitrogen and oxygen atoms in total. The fourth-order valence-corrected chi connectivity index (χ4v) is 3.60. The first kappa shape index (κ1) is 18.5. The summed E-state index contributed by atoms with van der Waals surface area (Å²) in [6.45, 7) is 1.84. The van der Waals surface area contributed by atoms with E-state index in [-0.39, 0.29) is 16.5 Å². The molecule has 0 amide bonds. The minimum Gasteiger partial charge on any atom is -0.480 e. The number of hydrogen-bond donors (Lipinski definition) is 2. The quantitative estimate of drug-likeness (QED) is 0.740. The van der Waals surface area contributed by atoms with Gasteiger partial charge in [0.05, 0.1) is 5.56 Å². The maximum Gasteiger partial charge on any atom is 0.321 e. The molecule has 0 aliphatic carbocycles. The van der Waals surface area contributed by atoms with Crippen molar-refractivity contribution in [2.75, 3.05) is 0 Å². The summed E-state index contributed by atoms with van der Waals surface area (Å²) in [7, 11) is -4.36. The summed E-state index contributed by atoms with van der Waals surface area (Å²) in [6, 6.07) is 2.09. The minimum absolute atomic E-state index is 0.0581. The van der Waals surface area contributed by atoms with Gasteiger partial charge in [0, 0.05) is 4.47 Å². The number of carbonyl (C=O) groups is 1. The van der Waals surface area contributed by atoms with Crippen molar-refractivity contribution in [1.82, 2.24) is 4.72 Å². The summed E-state index contributed by atoms with van der Waals surface area (Å²) in [5, 5.41) is 17.8. The van der Waals surface area contributed by atoms with Crippen molar-refractivity contribution in [2.24, 2.45) is 0 Å². The predicted molar refractivity (Wildman–Crippen MR) is 80.1 cm³/mol. The van der Waals surface area contributed by atoms with Gasteiger partial charge < -0.3 is 5.11 Å². The van der Waals surface area contributed by atoms with Crippen molar-refractivity contribution in [3.63, 3.8) is 0 Å². The first-order chi connectivity index (χ1) is 10.2. The van der Waals surface area contributed by atoms with Gasteiger partial charge in [-0.1, -0.05) is 19.8 Å². The summed E-state index contributed by atoms with van der Waals surface area (Å²) < 4.78 is 40.3. The summed E-state index contributed by atoms with van der Waals surface area (Å²) >= 11 is 2.97. The Labute approximate surface area is 136 Å². The van der Waals surface area contributed by atoms with Crippen molar-refractivity contribution in [3.8, 4) is 6.07 Å². The Kier molecular flexibility index (Phi) is 6.47. The molecule has 1 rings (SSSR count). The molecule has 0 unspecified atom stereocenters. The molecular weight excluding hydrogens is 379 g/mol. The molecule has 1 aromatic rings. The molecule has 0 radical (unpaired) electrons. The zero-order chi connectivity index (χ0) is 16.9. The largest absolute Gasteiger partial charge is 0.480 e. The van der Waals surface area contributed by atoms with E-state index in [1.807, 2.05) is 11.6 Å². The van der Waals surface area contributed by atoms with Gasteiger partial charge in [-0.2, -0.15) is 9.98 Å². The van der Waals surface area contributed by atoms with Gasteiger partial charge in [-0.25, -0.2) is 12.8 Å². The number of rotatable bonds is 7. The average Bonchev–Trinajstić information content (AvgIpc) is 2.44. The van der Waals surface area contributed by atoms with Gasteiger partial charge in [0.2, 0.25) is 10.0 Å². The van der Waals surface area contributed by atoms with Crippen LogP contribution in [0.3, 0.4) is 0 Å². The zero-order valence-electron chi connectivity index (χ0n) is 11.6. The number of carboxylic acid groups (broad SMARTS) is 1. The highest BCUT2D eigenvalue weighted by atomic mass is 79.9. The van der Waals surface area contributed by atoms with Gasteiger partial charge in [0.1, 0.15) is 22.8 Å². The highest BCUT2D eigenvalue weighted by Crippen LogP contribution is 2.24. The van der Waals surface area contributed by atoms with Crippen molar-refractivity contribution < 1.29 is 22.7 Å². The molecule has 0 aliphatic heterocycles. The predicted octanol–water partition coefficient (Wildman–Crippen LogP) is 2.38. The van der Waals surface area contributed by atoms with Crippen LogP contribution < -0.4 is 4.72 Å². The molecule has 1 aromatic carbocycles. The summed E-state index contributed by atoms with van der Waals surface area (Å²) in [6.07, 6.45) is 1.31. The van der Waals surface area contributed by atoms with Gasteiger partial charge in [-0.15, -0.1) is 0 Å². The van der Waals surface area contributed by atoms with E-state index in [2.05, 4.69) is 15.9 Å². The van der Waals surface area contributed by atoms with Gasteiger partial charge in [-0.05, 0) is 34.5 Å². The number of unbranched alkanes of at least 4 members (excludes halogenated alkanes) is 1. The molecule has 0 saturated carbocycles. The van der Waals surface area contributed by atoms with E-state index in [0.717, 1.165) is 12.1 Å². The maximum absolute atomic E-state index is 13.9. The monoisotopic (exact) mass is 392 g/mol. The molecule has 22 heavy (non-hydrogen) atoms. The van der Waals surface area contributed by atoms with E-state index in [0.29, 0.717) is 12.8 Å². The fourth-order valence-electron chi connectivity index (χ4n) is 1.71. The number of nitrogens with zero attached hydrogens (tertiary/aromatic N) is 1. The van der Waals surface area contributed by atoms with Gasteiger partial charge in [0.25, 0.3) is 0 Å². The number of nitriles is 1. The molecule has 0 aliphatic rings. The number of sulfonamides is 1. The van der Waals surface area contributed by atoms with Gasteiger partial charge in [0.15, 0.2) is 0 Å². The third-order valence-electron chi connectivity index (χ3n) is 2.87. The first-order valence-electron chi connectivity index (χ1n) is 6.37. The lowest BCUT2D eigenvalue weighted by Gasteiger charge is -2.15. The van der Waals surface area contributed by atoms with E-state index in [9.17, 15) is 17.6 Å². The van der Waals surface area contributed by atoms with E-state index in [4.69, 9.17) is 10.4 Å². The number of nitrogens with one attached hydrogen (secondary N) is 1. The SMILES string of the molecule is CCCC[C@H](NS(=O)(=O)c1cc(Br)c(C#N)cc1F)C(=O)O. The summed E-state index contributed by atoms with van der Waals surface area (Å²) in [5.74, 6) is -2.45. The third-order valence-corrected chi connectivity index (χ3v) is 5.02. The Morgan fingerprint density at radius 3 is 2.68 bits per heavy atom. The molecule has 0 aromatic heterocycles. The maximum atomic E-state index is 13.9. The average molecular weight is 393 g/mol. The first-order valence-corrected chi connectivity index (χ1v) is 8.64. The third kappa shape index (κ3) is 4.50. The second kappa shape index (κ2) is 7.67. The number of hydrogen-bond acceptors (Lipinski definition) is 4. The van der Waals surface area contributed by atoms with Crippen LogP contribution in [0.2, 0.25) is 0 Å². The van der Waals surface area contributed by atoms with Crippen LogP contribution in [0.1, 0.15) is 31.7 Å². The van der Waals surface area contributed by atoms with Crippen LogP contribution >= 0.6 is 15.9 Å². The van der Waals surface area contributed by atoms with Crippen LogP contribution in [0.25, 0.3) is 0 Å². The molecule has 0 bridgehead atoms. The van der Waals surface area contributed by atoms with E-state index in [1.54, 1.807) is 6.07 Å². The molecule has 0 saturated heterocycles. The lowest BCUT2D eigenvalue weighted by molar-refractivity contribution is -0.139. The molecule has 1 atom stereocenters. The Balaban J connectivity index is 3.16. The molecule has 2 N–H and O–H groups in total. The van der Waals surface area contributed by atoms with E-state index < -0.39 is 32.7 Å². The molecule has 120 valence electrons. The van der Waals surface area contributed by atoms with Crippen LogP contribution in [0, 0.1) is 17.1 Å². The van der Waals surface area contributed by atoms with Crippen LogP contribution in [0.5, 0.6) is 0 Å². The molecule has 0 fully saturated rings. The number of carboxylic acids is 1. The van der Waals surface area contributed by atoms with E-state index >= 15 is 0 Å². The molecule has 9 heteroatoms. The lowest BCUT2D eigenvalue weighted by atomic mass is 10.1. The van der Waals surface area contributed by atoms with Crippen LogP contribution in [0.15, 0.2) is 21.5 Å². The number of halogens is 2. The van der Waals surface area contributed by atoms with Crippen molar-refractivity contribution >= 4 is 31.9 Å². The Bertz CT molecular complexity index is 715. The smallest absolute Gasteiger partial charge is 0.321 e. The Hall–Kier alpha value is -1.50. The molecular formula is C13H14BrFN2O4S. The van der Waals surface area contributed by atoms with Crippen LogP contribution in [-0.2, 0) is 14.8 Å². The second-order valence-corrected chi connectivity index (χ2v) is 7.07. The highest BCUT2D eigenvalue weighted by molar-refractivity contribution is 9.10. The summed E-state index contributed by atoms with van der Waals surface area (Å²) in [5.41, 5.74) is -0.0581. The fraction of sp³-hybridized carbons (Fsp3) is 0.385. The van der Waals surface area contributed by atoms with Crippen molar-refractivity contribution in [2.45, 2.75) is 37.1 Å². The normalized spacial score (nSPS) is 12.6. The molecule has 0 spiro atoms. The standard InChI is InChI=1S/C13H14BrFN2O4S/c1-2-3-4-11(13(18)19)17-22(20,21)12-6-9(14)8(7-16)5-10(12)15/h5-6,11,17H,2-4H2,1H3,(H,18,19)/t11-/m0/s1. The van der Waals surface area contributed by atoms with Crippen LogP contribution in [-0.4, -0.2) is 25.5 Å². The second-order valence-electron chi connectivity index (χ2n) is 4.53. The van der Waals surface area contributed by atoms with Gasteiger partial charge >= 0.3 is 5.97 Å². The topological polar surface area (TPSA) is 107 Å². The van der Waals surface area contributed by atoms with Crippen LogP contribution in [0.4, 0.5) is 4.39 Å². The van der Waals surface area contributed by atoms with Crippen molar-refractivity contribution in [1.29, 1.82) is 5.26 Å². The van der Waals surface area contributed by atoms with Gasteiger partial charge in [-0.3, -0.25) is 4.79 Å². The Morgan fingerprint density at radius 1 is 1.55 bits per heavy atom. The minimum atomic E-state index is -4.36. The highest BCUT2D eigenvalue weighted by Gasteiger charge is 2.27.